The zero-order valence-corrected chi connectivity index (χ0v) is 16.0. The van der Waals surface area contributed by atoms with Crippen LogP contribution < -0.4 is 10.6 Å². The van der Waals surface area contributed by atoms with Crippen LogP contribution in [-0.4, -0.2) is 48.2 Å². The maximum atomic E-state index is 12.5. The Morgan fingerprint density at radius 3 is 2.67 bits per heavy atom. The van der Waals surface area contributed by atoms with Crippen LogP contribution in [0.1, 0.15) is 44.1 Å². The standard InChI is InChI=1S/C21H29N3O3/c1-15-3-2-4-17(13-15)23-20(26)24-11-9-21(10-12-24)8-7-18(27-21)19(25)22-14-16-5-6-16/h2-4,13,16,18H,5-12,14H2,1H3,(H,22,25)(H,23,26). The average Bonchev–Trinajstić information content (AvgIpc) is 3.40. The Labute approximate surface area is 160 Å². The van der Waals surface area contributed by atoms with Gasteiger partial charge in [-0.15, -0.1) is 0 Å². The van der Waals surface area contributed by atoms with E-state index in [0.717, 1.165) is 43.5 Å². The van der Waals surface area contributed by atoms with Crippen LogP contribution in [0.2, 0.25) is 0 Å². The topological polar surface area (TPSA) is 70.7 Å². The highest BCUT2D eigenvalue weighted by atomic mass is 16.5. The summed E-state index contributed by atoms with van der Waals surface area (Å²) in [5, 5.41) is 6.00. The number of ether oxygens (including phenoxy) is 1. The Bertz CT molecular complexity index is 708. The number of likely N-dealkylation sites (tertiary alicyclic amines) is 1. The minimum Gasteiger partial charge on any atom is -0.362 e. The number of hydrogen-bond acceptors (Lipinski definition) is 3. The molecule has 27 heavy (non-hydrogen) atoms. The summed E-state index contributed by atoms with van der Waals surface area (Å²) in [6.45, 7) is 4.12. The van der Waals surface area contributed by atoms with Crippen LogP contribution >= 0.6 is 0 Å². The van der Waals surface area contributed by atoms with E-state index in [4.69, 9.17) is 4.74 Å². The number of amides is 3. The van der Waals surface area contributed by atoms with Crippen molar-refractivity contribution in [2.24, 2.45) is 5.92 Å². The molecule has 0 radical (unpaired) electrons. The fourth-order valence-corrected chi connectivity index (χ4v) is 4.09. The third-order valence-corrected chi connectivity index (χ3v) is 6.04. The van der Waals surface area contributed by atoms with Gasteiger partial charge in [-0.2, -0.15) is 0 Å². The molecule has 2 heterocycles. The van der Waals surface area contributed by atoms with Crippen molar-refractivity contribution < 1.29 is 14.3 Å². The van der Waals surface area contributed by atoms with Crippen molar-refractivity contribution in [2.75, 3.05) is 25.0 Å². The van der Waals surface area contributed by atoms with Gasteiger partial charge < -0.3 is 20.3 Å². The first-order chi connectivity index (χ1) is 13.0. The predicted molar refractivity (Wildman–Crippen MR) is 104 cm³/mol. The van der Waals surface area contributed by atoms with Gasteiger partial charge in [0.1, 0.15) is 6.10 Å². The number of nitrogens with one attached hydrogen (secondary N) is 2. The van der Waals surface area contributed by atoms with Gasteiger partial charge in [0.2, 0.25) is 5.91 Å². The van der Waals surface area contributed by atoms with Crippen LogP contribution in [0.25, 0.3) is 0 Å². The lowest BCUT2D eigenvalue weighted by Gasteiger charge is -2.39. The third-order valence-electron chi connectivity index (χ3n) is 6.04. The maximum Gasteiger partial charge on any atom is 0.321 e. The third kappa shape index (κ3) is 4.43. The van der Waals surface area contributed by atoms with Crippen LogP contribution in [0.3, 0.4) is 0 Å². The number of piperidine rings is 1. The normalized spacial score (nSPS) is 24.0. The second-order valence-corrected chi connectivity index (χ2v) is 8.30. The summed E-state index contributed by atoms with van der Waals surface area (Å²) in [4.78, 5) is 26.7. The first kappa shape index (κ1) is 18.3. The number of benzene rings is 1. The lowest BCUT2D eigenvalue weighted by atomic mass is 9.88. The van der Waals surface area contributed by atoms with Crippen LogP contribution in [0.5, 0.6) is 0 Å². The molecule has 1 atom stereocenters. The van der Waals surface area contributed by atoms with Crippen molar-refractivity contribution in [1.29, 1.82) is 0 Å². The summed E-state index contributed by atoms with van der Waals surface area (Å²) < 4.78 is 6.20. The molecule has 1 saturated carbocycles. The average molecular weight is 371 g/mol. The van der Waals surface area contributed by atoms with Crippen molar-refractivity contribution in [3.63, 3.8) is 0 Å². The molecule has 4 rings (SSSR count). The molecular formula is C21H29N3O3. The molecular weight excluding hydrogens is 342 g/mol. The van der Waals surface area contributed by atoms with Crippen LogP contribution in [0.4, 0.5) is 10.5 Å². The number of rotatable bonds is 4. The zero-order valence-electron chi connectivity index (χ0n) is 16.0. The number of anilines is 1. The number of aryl methyl sites for hydroxylation is 1. The minimum atomic E-state index is -0.323. The second kappa shape index (κ2) is 7.50. The smallest absolute Gasteiger partial charge is 0.321 e. The van der Waals surface area contributed by atoms with E-state index in [0.29, 0.717) is 19.0 Å². The number of nitrogens with zero attached hydrogens (tertiary/aromatic N) is 1. The van der Waals surface area contributed by atoms with Gasteiger partial charge in [0.15, 0.2) is 0 Å². The molecule has 3 aliphatic rings. The van der Waals surface area contributed by atoms with E-state index in [2.05, 4.69) is 10.6 Å². The van der Waals surface area contributed by atoms with Crippen molar-refractivity contribution in [2.45, 2.75) is 57.2 Å². The molecule has 2 N–H and O–H groups in total. The lowest BCUT2D eigenvalue weighted by Crippen LogP contribution is -2.48. The molecule has 3 amide bonds. The summed E-state index contributed by atoms with van der Waals surface area (Å²) in [5.74, 6) is 0.720. The van der Waals surface area contributed by atoms with Gasteiger partial charge in [-0.3, -0.25) is 4.79 Å². The van der Waals surface area contributed by atoms with Crippen molar-refractivity contribution >= 4 is 17.6 Å². The van der Waals surface area contributed by atoms with E-state index in [1.54, 1.807) is 0 Å². The Balaban J connectivity index is 1.25. The summed E-state index contributed by atoms with van der Waals surface area (Å²) >= 11 is 0. The largest absolute Gasteiger partial charge is 0.362 e. The Kier molecular flexibility index (Phi) is 5.08. The molecule has 3 fully saturated rings. The molecule has 1 unspecified atom stereocenters. The molecule has 6 heteroatoms. The van der Waals surface area contributed by atoms with E-state index in [1.165, 1.54) is 12.8 Å². The Hall–Kier alpha value is -2.08. The van der Waals surface area contributed by atoms with Gasteiger partial charge in [-0.1, -0.05) is 12.1 Å². The molecule has 146 valence electrons. The minimum absolute atomic E-state index is 0.0402. The van der Waals surface area contributed by atoms with Crippen molar-refractivity contribution in [3.05, 3.63) is 29.8 Å². The Morgan fingerprint density at radius 1 is 1.19 bits per heavy atom. The van der Waals surface area contributed by atoms with Gasteiger partial charge in [0.25, 0.3) is 0 Å². The summed E-state index contributed by atoms with van der Waals surface area (Å²) in [6, 6.07) is 7.76. The Morgan fingerprint density at radius 2 is 1.96 bits per heavy atom. The highest BCUT2D eigenvalue weighted by molar-refractivity contribution is 5.89. The first-order valence-corrected chi connectivity index (χ1v) is 10.1. The fourth-order valence-electron chi connectivity index (χ4n) is 4.09. The molecule has 2 saturated heterocycles. The molecule has 1 aromatic rings. The SMILES string of the molecule is Cc1cccc(NC(=O)N2CCC3(CCC(C(=O)NCC4CC4)O3)CC2)c1. The lowest BCUT2D eigenvalue weighted by molar-refractivity contribution is -0.140. The van der Waals surface area contributed by atoms with E-state index in [-0.39, 0.29) is 23.6 Å². The van der Waals surface area contributed by atoms with E-state index < -0.39 is 0 Å². The number of carbonyl (C=O) groups is 2. The number of urea groups is 1. The maximum absolute atomic E-state index is 12.5. The molecule has 0 aromatic heterocycles. The molecule has 1 aliphatic carbocycles. The molecule has 2 aliphatic heterocycles. The van der Waals surface area contributed by atoms with Crippen LogP contribution in [0, 0.1) is 12.8 Å². The highest BCUT2D eigenvalue weighted by Crippen LogP contribution is 2.39. The van der Waals surface area contributed by atoms with Gasteiger partial charge >= 0.3 is 6.03 Å². The van der Waals surface area contributed by atoms with Crippen LogP contribution in [-0.2, 0) is 9.53 Å². The predicted octanol–water partition coefficient (Wildman–Crippen LogP) is 3.07. The summed E-state index contributed by atoms with van der Waals surface area (Å²) in [6.07, 6.45) is 5.41. The number of hydrogen-bond donors (Lipinski definition) is 2. The van der Waals surface area contributed by atoms with E-state index >= 15 is 0 Å². The second-order valence-electron chi connectivity index (χ2n) is 8.30. The molecule has 1 spiro atoms. The van der Waals surface area contributed by atoms with Crippen molar-refractivity contribution in [3.8, 4) is 0 Å². The van der Waals surface area contributed by atoms with Crippen molar-refractivity contribution in [1.82, 2.24) is 10.2 Å². The molecule has 6 nitrogen and oxygen atoms in total. The molecule has 0 bridgehead atoms. The molecule has 1 aromatic carbocycles. The summed E-state index contributed by atoms with van der Waals surface area (Å²) in [7, 11) is 0. The zero-order chi connectivity index (χ0) is 18.9. The van der Waals surface area contributed by atoms with E-state index in [1.807, 2.05) is 36.1 Å². The first-order valence-electron chi connectivity index (χ1n) is 10.1. The van der Waals surface area contributed by atoms with Gasteiger partial charge in [-0.05, 0) is 69.1 Å². The quantitative estimate of drug-likeness (QED) is 0.854. The number of carbonyl (C=O) groups excluding carboxylic acids is 2. The van der Waals surface area contributed by atoms with Crippen LogP contribution in [0.15, 0.2) is 24.3 Å². The van der Waals surface area contributed by atoms with E-state index in [9.17, 15) is 9.59 Å². The highest BCUT2D eigenvalue weighted by Gasteiger charge is 2.45. The van der Waals surface area contributed by atoms with Gasteiger partial charge in [0, 0.05) is 25.3 Å². The summed E-state index contributed by atoms with van der Waals surface area (Å²) in [5.41, 5.74) is 1.71. The fraction of sp³-hybridized carbons (Fsp3) is 0.619. The monoisotopic (exact) mass is 371 g/mol. The van der Waals surface area contributed by atoms with Gasteiger partial charge in [0.05, 0.1) is 5.60 Å². The van der Waals surface area contributed by atoms with Gasteiger partial charge in [-0.25, -0.2) is 4.79 Å².